The van der Waals surface area contributed by atoms with Gasteiger partial charge in [-0.15, -0.1) is 0 Å². The van der Waals surface area contributed by atoms with E-state index in [1.807, 2.05) is 18.2 Å². The molecule has 0 amide bonds. The maximum Gasteiger partial charge on any atom is 0.495 e. The monoisotopic (exact) mass is 446 g/mol. The van der Waals surface area contributed by atoms with Crippen LogP contribution in [-0.4, -0.2) is 18.3 Å². The second-order valence-corrected chi connectivity index (χ2v) is 10.1. The number of hydrogen-bond acceptors (Lipinski definition) is 3. The highest BCUT2D eigenvalue weighted by atomic mass is 16.7. The van der Waals surface area contributed by atoms with Crippen molar-refractivity contribution < 1.29 is 13.7 Å². The summed E-state index contributed by atoms with van der Waals surface area (Å²) < 4.78 is 19.0. The van der Waals surface area contributed by atoms with Crippen LogP contribution in [0.4, 0.5) is 0 Å². The molecule has 0 bridgehead atoms. The number of furan rings is 1. The van der Waals surface area contributed by atoms with Gasteiger partial charge in [0.05, 0.1) is 11.2 Å². The van der Waals surface area contributed by atoms with Crippen LogP contribution >= 0.6 is 0 Å². The van der Waals surface area contributed by atoms with Gasteiger partial charge in [0, 0.05) is 10.8 Å². The zero-order valence-electron chi connectivity index (χ0n) is 20.0. The van der Waals surface area contributed by atoms with Gasteiger partial charge in [0.1, 0.15) is 11.2 Å². The van der Waals surface area contributed by atoms with Crippen LogP contribution in [0.25, 0.3) is 44.2 Å². The highest BCUT2D eigenvalue weighted by molar-refractivity contribution is 6.66. The molecule has 0 spiro atoms. The van der Waals surface area contributed by atoms with Crippen molar-refractivity contribution in [1.29, 1.82) is 0 Å². The van der Waals surface area contributed by atoms with E-state index in [0.717, 1.165) is 33.0 Å². The van der Waals surface area contributed by atoms with Crippen LogP contribution in [0.15, 0.2) is 95.4 Å². The van der Waals surface area contributed by atoms with Crippen LogP contribution < -0.4 is 5.46 Å². The molecule has 0 saturated carbocycles. The van der Waals surface area contributed by atoms with E-state index in [1.54, 1.807) is 0 Å². The first-order valence-corrected chi connectivity index (χ1v) is 11.8. The second kappa shape index (κ2) is 7.59. The van der Waals surface area contributed by atoms with E-state index in [4.69, 9.17) is 13.7 Å². The molecule has 0 N–H and O–H groups in total. The molecule has 34 heavy (non-hydrogen) atoms. The molecule has 3 nitrogen and oxygen atoms in total. The summed E-state index contributed by atoms with van der Waals surface area (Å²) in [5, 5.41) is 2.12. The van der Waals surface area contributed by atoms with Crippen LogP contribution in [0.3, 0.4) is 0 Å². The summed E-state index contributed by atoms with van der Waals surface area (Å²) >= 11 is 0. The lowest BCUT2D eigenvalue weighted by Crippen LogP contribution is -2.41. The molecule has 0 atom stereocenters. The Morgan fingerprint density at radius 1 is 0.559 bits per heavy atom. The van der Waals surface area contributed by atoms with Gasteiger partial charge in [-0.3, -0.25) is 0 Å². The third-order valence-corrected chi connectivity index (χ3v) is 7.34. The van der Waals surface area contributed by atoms with Gasteiger partial charge in [-0.2, -0.15) is 0 Å². The highest BCUT2D eigenvalue weighted by Crippen LogP contribution is 2.39. The van der Waals surface area contributed by atoms with E-state index in [1.165, 1.54) is 16.7 Å². The molecule has 1 aliphatic rings. The third kappa shape index (κ3) is 3.37. The van der Waals surface area contributed by atoms with Crippen molar-refractivity contribution in [2.24, 2.45) is 0 Å². The summed E-state index contributed by atoms with van der Waals surface area (Å²) in [6.45, 7) is 8.33. The summed E-state index contributed by atoms with van der Waals surface area (Å²) in [5.74, 6) is 0. The Bertz CT molecular complexity index is 1500. The third-order valence-electron chi connectivity index (χ3n) is 7.34. The number of fused-ring (bicyclic) bond motifs is 3. The van der Waals surface area contributed by atoms with E-state index >= 15 is 0 Å². The number of benzene rings is 4. The first-order valence-electron chi connectivity index (χ1n) is 11.8. The minimum absolute atomic E-state index is 0.400. The second-order valence-electron chi connectivity index (χ2n) is 10.1. The van der Waals surface area contributed by atoms with Crippen molar-refractivity contribution in [2.75, 3.05) is 0 Å². The Balaban J connectivity index is 1.48. The quantitative estimate of drug-likeness (QED) is 0.274. The first kappa shape index (κ1) is 21.2. The molecule has 2 heterocycles. The van der Waals surface area contributed by atoms with Crippen molar-refractivity contribution in [3.05, 3.63) is 91.0 Å². The molecule has 1 aromatic heterocycles. The summed E-state index contributed by atoms with van der Waals surface area (Å²) in [6, 6.07) is 31.7. The van der Waals surface area contributed by atoms with Gasteiger partial charge in [-0.25, -0.2) is 0 Å². The maximum absolute atomic E-state index is 6.39. The minimum atomic E-state index is -0.445. The molecule has 1 aliphatic heterocycles. The Kier molecular flexibility index (Phi) is 4.74. The van der Waals surface area contributed by atoms with Gasteiger partial charge in [0.2, 0.25) is 0 Å². The highest BCUT2D eigenvalue weighted by Gasteiger charge is 2.52. The predicted molar refractivity (Wildman–Crippen MR) is 140 cm³/mol. The minimum Gasteiger partial charge on any atom is -0.456 e. The zero-order chi connectivity index (χ0) is 23.5. The molecule has 0 unspecified atom stereocenters. The normalized spacial score (nSPS) is 17.0. The molecule has 0 aliphatic carbocycles. The lowest BCUT2D eigenvalue weighted by atomic mass is 9.76. The largest absolute Gasteiger partial charge is 0.495 e. The fourth-order valence-corrected chi connectivity index (χ4v) is 4.71. The lowest BCUT2D eigenvalue weighted by molar-refractivity contribution is 0.00578. The fourth-order valence-electron chi connectivity index (χ4n) is 4.71. The van der Waals surface area contributed by atoms with Crippen LogP contribution in [0.1, 0.15) is 27.7 Å². The van der Waals surface area contributed by atoms with E-state index in [9.17, 15) is 0 Å². The fraction of sp³-hybridized carbons (Fsp3) is 0.200. The Labute approximate surface area is 200 Å². The molecule has 168 valence electrons. The van der Waals surface area contributed by atoms with Gasteiger partial charge in [0.25, 0.3) is 0 Å². The molecular formula is C30H27BO3. The van der Waals surface area contributed by atoms with E-state index in [0.29, 0.717) is 0 Å². The van der Waals surface area contributed by atoms with Crippen LogP contribution in [0, 0.1) is 0 Å². The average Bonchev–Trinajstić information content (AvgIpc) is 3.32. The topological polar surface area (TPSA) is 31.6 Å². The molecule has 4 aromatic carbocycles. The van der Waals surface area contributed by atoms with Crippen molar-refractivity contribution >= 4 is 34.5 Å². The van der Waals surface area contributed by atoms with Gasteiger partial charge in [-0.1, -0.05) is 66.7 Å². The molecule has 4 heteroatoms. The van der Waals surface area contributed by atoms with E-state index in [2.05, 4.69) is 100 Å². The summed E-state index contributed by atoms with van der Waals surface area (Å²) in [5.41, 5.74) is 6.65. The Hall–Kier alpha value is -3.34. The average molecular weight is 446 g/mol. The van der Waals surface area contributed by atoms with Crippen LogP contribution in [-0.2, 0) is 9.31 Å². The zero-order valence-corrected chi connectivity index (χ0v) is 20.0. The maximum atomic E-state index is 6.39. The molecule has 5 aromatic rings. The molecular weight excluding hydrogens is 419 g/mol. The summed E-state index contributed by atoms with van der Waals surface area (Å²) in [6.07, 6.45) is 0. The van der Waals surface area contributed by atoms with Crippen molar-refractivity contribution in [3.8, 4) is 22.3 Å². The number of rotatable bonds is 3. The Morgan fingerprint density at radius 3 is 1.91 bits per heavy atom. The predicted octanol–water partition coefficient (Wildman–Crippen LogP) is 7.22. The molecule has 1 saturated heterocycles. The SMILES string of the molecule is CC1(C)OB(c2cccc3oc4ccc(-c5cccc(-c6ccccc6)c5)cc4c23)OC1(C)C. The first-order chi connectivity index (χ1) is 16.3. The van der Waals surface area contributed by atoms with Crippen molar-refractivity contribution in [2.45, 2.75) is 38.9 Å². The van der Waals surface area contributed by atoms with E-state index in [-0.39, 0.29) is 0 Å². The Morgan fingerprint density at radius 2 is 1.18 bits per heavy atom. The van der Waals surface area contributed by atoms with Gasteiger partial charge >= 0.3 is 7.12 Å². The van der Waals surface area contributed by atoms with Gasteiger partial charge in [0.15, 0.2) is 0 Å². The van der Waals surface area contributed by atoms with E-state index < -0.39 is 18.3 Å². The number of hydrogen-bond donors (Lipinski definition) is 0. The van der Waals surface area contributed by atoms with Crippen molar-refractivity contribution in [3.63, 3.8) is 0 Å². The van der Waals surface area contributed by atoms with Gasteiger partial charge < -0.3 is 13.7 Å². The molecule has 1 fully saturated rings. The summed E-state index contributed by atoms with van der Waals surface area (Å²) in [7, 11) is -0.445. The standard InChI is InChI=1S/C30H27BO3/c1-29(2)30(3,4)34-31(33-29)25-14-9-15-27-28(25)24-19-23(16-17-26(24)32-27)22-13-8-12-21(18-22)20-10-6-5-7-11-20/h5-19H,1-4H3. The van der Waals surface area contributed by atoms with Crippen LogP contribution in [0.2, 0.25) is 0 Å². The molecule has 6 rings (SSSR count). The lowest BCUT2D eigenvalue weighted by Gasteiger charge is -2.32. The van der Waals surface area contributed by atoms with Gasteiger partial charge in [-0.05, 0) is 79.7 Å². The smallest absolute Gasteiger partial charge is 0.456 e. The molecule has 0 radical (unpaired) electrons. The van der Waals surface area contributed by atoms with Crippen LogP contribution in [0.5, 0.6) is 0 Å². The summed E-state index contributed by atoms with van der Waals surface area (Å²) in [4.78, 5) is 0. The van der Waals surface area contributed by atoms with Crippen molar-refractivity contribution in [1.82, 2.24) is 0 Å².